The Morgan fingerprint density at radius 2 is 2.00 bits per heavy atom. The van der Waals surface area contributed by atoms with Crippen molar-refractivity contribution in [3.63, 3.8) is 0 Å². The first kappa shape index (κ1) is 20.2. The number of piperidine rings is 1. The molecule has 2 fully saturated rings. The van der Waals surface area contributed by atoms with E-state index in [9.17, 15) is 8.42 Å². The average molecular weight is 416 g/mol. The van der Waals surface area contributed by atoms with Crippen molar-refractivity contribution in [1.82, 2.24) is 10.6 Å². The molecule has 2 aromatic rings. The number of anilines is 1. The number of hydrogen-bond donors (Lipinski definition) is 2. The summed E-state index contributed by atoms with van der Waals surface area (Å²) in [7, 11) is -1.54. The molecule has 7 heteroatoms. The van der Waals surface area contributed by atoms with Gasteiger partial charge in [-0.15, -0.1) is 0 Å². The lowest BCUT2D eigenvalue weighted by molar-refractivity contribution is 0.303. The molecule has 6 nitrogen and oxygen atoms in total. The largest absolute Gasteiger partial charge is 0.496 e. The number of rotatable bonds is 6. The van der Waals surface area contributed by atoms with Crippen molar-refractivity contribution in [2.24, 2.45) is 0 Å². The van der Waals surface area contributed by atoms with Gasteiger partial charge in [0.05, 0.1) is 18.6 Å². The number of nitrogens with one attached hydrogen (secondary N) is 2. The van der Waals surface area contributed by atoms with Crippen molar-refractivity contribution in [2.45, 2.75) is 37.9 Å². The minimum atomic E-state index is -3.19. The number of benzene rings is 2. The van der Waals surface area contributed by atoms with Crippen LogP contribution in [0.4, 0.5) is 5.69 Å². The van der Waals surface area contributed by atoms with Gasteiger partial charge < -0.3 is 15.4 Å². The van der Waals surface area contributed by atoms with E-state index in [-0.39, 0.29) is 11.8 Å². The molecule has 2 N–H and O–H groups in total. The van der Waals surface area contributed by atoms with Gasteiger partial charge in [-0.05, 0) is 49.6 Å². The van der Waals surface area contributed by atoms with Gasteiger partial charge in [-0.3, -0.25) is 4.31 Å². The Balaban J connectivity index is 1.53. The SMILES string of the molecule is COc1ccc(N2CCCS2(=O)=O)cc1CN[C@@H]1CCCN[C@@H]1c1ccccc1. The smallest absolute Gasteiger partial charge is 0.235 e. The van der Waals surface area contributed by atoms with Gasteiger partial charge in [-0.25, -0.2) is 8.42 Å². The van der Waals surface area contributed by atoms with Gasteiger partial charge in [0.2, 0.25) is 10.0 Å². The second kappa shape index (κ2) is 8.73. The monoisotopic (exact) mass is 415 g/mol. The molecule has 2 aliphatic heterocycles. The van der Waals surface area contributed by atoms with Gasteiger partial charge in [-0.2, -0.15) is 0 Å². The summed E-state index contributed by atoms with van der Waals surface area (Å²) < 4.78 is 31.7. The molecular formula is C22H29N3O3S. The molecule has 2 atom stereocenters. The van der Waals surface area contributed by atoms with Crippen molar-refractivity contribution < 1.29 is 13.2 Å². The van der Waals surface area contributed by atoms with Gasteiger partial charge >= 0.3 is 0 Å². The topological polar surface area (TPSA) is 70.7 Å². The van der Waals surface area contributed by atoms with Gasteiger partial charge in [0.15, 0.2) is 0 Å². The van der Waals surface area contributed by atoms with Crippen molar-refractivity contribution in [3.8, 4) is 5.75 Å². The summed E-state index contributed by atoms with van der Waals surface area (Å²) in [5.41, 5.74) is 2.99. The summed E-state index contributed by atoms with van der Waals surface area (Å²) in [4.78, 5) is 0. The van der Waals surface area contributed by atoms with Crippen LogP contribution in [0.1, 0.15) is 36.4 Å². The van der Waals surface area contributed by atoms with Gasteiger partial charge in [0.25, 0.3) is 0 Å². The van der Waals surface area contributed by atoms with E-state index in [2.05, 4.69) is 34.9 Å². The maximum Gasteiger partial charge on any atom is 0.235 e. The Labute approximate surface area is 173 Å². The lowest BCUT2D eigenvalue weighted by atomic mass is 9.92. The molecule has 4 rings (SSSR count). The van der Waals surface area contributed by atoms with Crippen molar-refractivity contribution in [2.75, 3.05) is 30.3 Å². The fraction of sp³-hybridized carbons (Fsp3) is 0.455. The predicted octanol–water partition coefficient (Wildman–Crippen LogP) is 2.82. The number of ether oxygens (including phenoxy) is 1. The van der Waals surface area contributed by atoms with E-state index in [1.807, 2.05) is 24.3 Å². The zero-order valence-electron chi connectivity index (χ0n) is 16.8. The highest BCUT2D eigenvalue weighted by Gasteiger charge is 2.29. The van der Waals surface area contributed by atoms with Crippen molar-refractivity contribution >= 4 is 15.7 Å². The van der Waals surface area contributed by atoms with Crippen LogP contribution in [0.2, 0.25) is 0 Å². The highest BCUT2D eigenvalue weighted by Crippen LogP contribution is 2.30. The summed E-state index contributed by atoms with van der Waals surface area (Å²) >= 11 is 0. The van der Waals surface area contributed by atoms with Crippen LogP contribution in [0.25, 0.3) is 0 Å². The molecule has 0 bridgehead atoms. The molecule has 2 saturated heterocycles. The maximum atomic E-state index is 12.3. The van der Waals surface area contributed by atoms with E-state index in [0.29, 0.717) is 25.6 Å². The maximum absolute atomic E-state index is 12.3. The van der Waals surface area contributed by atoms with Crippen LogP contribution in [0.3, 0.4) is 0 Å². The fourth-order valence-corrected chi connectivity index (χ4v) is 5.90. The molecule has 2 heterocycles. The molecule has 0 saturated carbocycles. The molecule has 0 radical (unpaired) electrons. The van der Waals surface area contributed by atoms with Crippen molar-refractivity contribution in [3.05, 3.63) is 59.7 Å². The summed E-state index contributed by atoms with van der Waals surface area (Å²) in [6.07, 6.45) is 2.90. The van der Waals surface area contributed by atoms with E-state index in [1.165, 1.54) is 9.87 Å². The lowest BCUT2D eigenvalue weighted by Crippen LogP contribution is -2.45. The zero-order chi connectivity index (χ0) is 20.3. The molecule has 0 aromatic heterocycles. The number of sulfonamides is 1. The van der Waals surface area contributed by atoms with E-state index in [0.717, 1.165) is 36.4 Å². The van der Waals surface area contributed by atoms with Crippen LogP contribution in [-0.4, -0.2) is 40.4 Å². The summed E-state index contributed by atoms with van der Waals surface area (Å²) in [5.74, 6) is 0.997. The third-order valence-electron chi connectivity index (χ3n) is 5.82. The third kappa shape index (κ3) is 4.42. The summed E-state index contributed by atoms with van der Waals surface area (Å²) in [6.45, 7) is 2.19. The minimum Gasteiger partial charge on any atom is -0.496 e. The summed E-state index contributed by atoms with van der Waals surface area (Å²) in [6, 6.07) is 16.7. The molecule has 0 aliphatic carbocycles. The van der Waals surface area contributed by atoms with Crippen LogP contribution < -0.4 is 19.7 Å². The first-order valence-electron chi connectivity index (χ1n) is 10.3. The lowest BCUT2D eigenvalue weighted by Gasteiger charge is -2.34. The average Bonchev–Trinajstić information content (AvgIpc) is 3.12. The number of methoxy groups -OCH3 is 1. The molecule has 29 heavy (non-hydrogen) atoms. The van der Waals surface area contributed by atoms with Gasteiger partial charge in [0, 0.05) is 30.7 Å². The Morgan fingerprint density at radius 3 is 2.72 bits per heavy atom. The zero-order valence-corrected chi connectivity index (χ0v) is 17.6. The fourth-order valence-electron chi connectivity index (χ4n) is 4.35. The van der Waals surface area contributed by atoms with Crippen LogP contribution in [0, 0.1) is 0 Å². The second-order valence-electron chi connectivity index (χ2n) is 7.71. The van der Waals surface area contributed by atoms with Crippen LogP contribution in [0.15, 0.2) is 48.5 Å². The van der Waals surface area contributed by atoms with Crippen LogP contribution in [0.5, 0.6) is 5.75 Å². The van der Waals surface area contributed by atoms with Gasteiger partial charge in [-0.1, -0.05) is 30.3 Å². The van der Waals surface area contributed by atoms with E-state index in [4.69, 9.17) is 4.74 Å². The van der Waals surface area contributed by atoms with Crippen LogP contribution >= 0.6 is 0 Å². The quantitative estimate of drug-likeness (QED) is 0.759. The molecule has 156 valence electrons. The normalized spacial score (nSPS) is 23.8. The molecule has 2 aromatic carbocycles. The Bertz CT molecular complexity index is 934. The van der Waals surface area contributed by atoms with E-state index in [1.54, 1.807) is 7.11 Å². The van der Waals surface area contributed by atoms with E-state index >= 15 is 0 Å². The molecule has 2 aliphatic rings. The highest BCUT2D eigenvalue weighted by atomic mass is 32.2. The Kier molecular flexibility index (Phi) is 6.08. The minimum absolute atomic E-state index is 0.221. The van der Waals surface area contributed by atoms with Gasteiger partial charge in [0.1, 0.15) is 5.75 Å². The first-order valence-corrected chi connectivity index (χ1v) is 11.9. The molecule has 0 spiro atoms. The summed E-state index contributed by atoms with van der Waals surface area (Å²) in [5, 5.41) is 7.33. The third-order valence-corrected chi connectivity index (χ3v) is 7.69. The Hall–Kier alpha value is -2.09. The highest BCUT2D eigenvalue weighted by molar-refractivity contribution is 7.93. The molecule has 0 unspecified atom stereocenters. The standard InChI is InChI=1S/C22H29N3O3S/c1-28-21-11-10-19(25-13-6-14-29(25,26)27)15-18(21)16-24-20-9-5-12-23-22(20)17-7-3-2-4-8-17/h2-4,7-8,10-11,15,20,22-24H,5-6,9,12-14,16H2,1H3/t20-,22-/m1/s1. The molecule has 0 amide bonds. The van der Waals surface area contributed by atoms with Crippen molar-refractivity contribution in [1.29, 1.82) is 0 Å². The second-order valence-corrected chi connectivity index (χ2v) is 9.72. The van der Waals surface area contributed by atoms with E-state index < -0.39 is 10.0 Å². The predicted molar refractivity (Wildman–Crippen MR) is 116 cm³/mol. The number of hydrogen-bond acceptors (Lipinski definition) is 5. The first-order chi connectivity index (χ1) is 14.1. The number of nitrogens with zero attached hydrogens (tertiary/aromatic N) is 1. The molecular weight excluding hydrogens is 386 g/mol. The van der Waals surface area contributed by atoms with Crippen LogP contribution in [-0.2, 0) is 16.6 Å². The Morgan fingerprint density at radius 1 is 1.17 bits per heavy atom.